The number of hydrogen-bond donors (Lipinski definition) is 1. The number of carbonyl (C=O) groups excluding carboxylic acids is 2. The fourth-order valence-electron chi connectivity index (χ4n) is 2.98. The molecule has 0 amide bonds. The van der Waals surface area contributed by atoms with Crippen molar-refractivity contribution in [2.75, 3.05) is 13.2 Å². The first-order chi connectivity index (χ1) is 21.8. The zero-order valence-electron chi connectivity index (χ0n) is 26.4. The molecule has 5 nitrogen and oxygen atoms in total. The summed E-state index contributed by atoms with van der Waals surface area (Å²) in [6.07, 6.45) is -42.2. The SMILES string of the molecule is C=CCOC(C)=O.CC(=O)OCC(C)CC(CC(F)(C(F)(F)F)C(F)(F)F)C(F)(F)F.CC(CC(F)(C(F)(F)F)C(F)(F)F)C(F)(F)F.[B].[NH]=[Al]. The summed E-state index contributed by atoms with van der Waals surface area (Å²) in [5, 5.41) is 0. The van der Waals surface area contributed by atoms with E-state index in [9.17, 15) is 97.4 Å². The van der Waals surface area contributed by atoms with E-state index in [-0.39, 0.29) is 21.3 Å². The van der Waals surface area contributed by atoms with Crippen LogP contribution < -0.4 is 0 Å². The number of ether oxygens (including phenoxy) is 2. The van der Waals surface area contributed by atoms with Gasteiger partial charge in [-0.2, -0.15) is 79.0 Å². The Labute approximate surface area is 287 Å². The van der Waals surface area contributed by atoms with Gasteiger partial charge in [-0.15, -0.1) is 0 Å². The molecule has 0 aromatic heterocycles. The summed E-state index contributed by atoms with van der Waals surface area (Å²) in [5.74, 6) is -8.69. The number of nitrogens with one attached hydrogen (secondary N) is 1. The van der Waals surface area contributed by atoms with E-state index in [1.165, 1.54) is 13.0 Å². The van der Waals surface area contributed by atoms with Gasteiger partial charge in [0.1, 0.15) is 6.61 Å². The summed E-state index contributed by atoms with van der Waals surface area (Å²) in [6, 6.07) is 0. The van der Waals surface area contributed by atoms with Gasteiger partial charge >= 0.3 is 69.4 Å². The van der Waals surface area contributed by atoms with Crippen LogP contribution in [-0.2, 0) is 19.1 Å². The number of alkyl halides is 20. The van der Waals surface area contributed by atoms with Crippen LogP contribution in [0.1, 0.15) is 47.0 Å². The first-order valence-electron chi connectivity index (χ1n) is 12.8. The van der Waals surface area contributed by atoms with Crippen LogP contribution >= 0.6 is 0 Å². The Morgan fingerprint density at radius 1 is 0.627 bits per heavy atom. The first kappa shape index (κ1) is 58.0. The third-order valence-corrected chi connectivity index (χ3v) is 5.60. The van der Waals surface area contributed by atoms with Crippen molar-refractivity contribution in [3.63, 3.8) is 0 Å². The summed E-state index contributed by atoms with van der Waals surface area (Å²) in [4.78, 5) is 20.5. The van der Waals surface area contributed by atoms with Crippen molar-refractivity contribution >= 4 is 36.4 Å². The van der Waals surface area contributed by atoms with Gasteiger partial charge in [-0.25, -0.2) is 8.78 Å². The second-order valence-corrected chi connectivity index (χ2v) is 9.92. The summed E-state index contributed by atoms with van der Waals surface area (Å²) in [6.45, 7) is 6.36. The molecule has 0 aromatic carbocycles. The van der Waals surface area contributed by atoms with Gasteiger partial charge in [0, 0.05) is 35.1 Å². The molecule has 0 aliphatic heterocycles. The van der Waals surface area contributed by atoms with Crippen LogP contribution in [0.4, 0.5) is 87.8 Å². The van der Waals surface area contributed by atoms with Crippen molar-refractivity contribution in [3.05, 3.63) is 12.7 Å². The van der Waals surface area contributed by atoms with Crippen LogP contribution in [0.5, 0.6) is 0 Å². The molecule has 4 radical (unpaired) electrons. The van der Waals surface area contributed by atoms with Gasteiger partial charge in [0.05, 0.1) is 18.4 Å². The molecule has 0 aromatic rings. The molecule has 300 valence electrons. The molecule has 51 heavy (non-hydrogen) atoms. The maximum absolute atomic E-state index is 13.5. The molecule has 0 bridgehead atoms. The average molecular weight is 813 g/mol. The molecule has 0 rings (SSSR count). The fraction of sp³-hybridized carbons (Fsp3) is 0.833. The summed E-state index contributed by atoms with van der Waals surface area (Å²) < 4.78 is 260. The summed E-state index contributed by atoms with van der Waals surface area (Å²) >= 11 is 1.67. The topological polar surface area (TPSA) is 76.5 Å². The minimum absolute atomic E-state index is 0. The van der Waals surface area contributed by atoms with Crippen LogP contribution in [0.3, 0.4) is 0 Å². The van der Waals surface area contributed by atoms with Crippen molar-refractivity contribution in [2.45, 2.75) is 95.4 Å². The maximum atomic E-state index is 13.5. The predicted octanol–water partition coefficient (Wildman–Crippen LogP) is 9.66. The van der Waals surface area contributed by atoms with E-state index in [2.05, 4.69) is 16.1 Å². The molecular formula is C24H29AlBF20NO4. The van der Waals surface area contributed by atoms with Gasteiger partial charge in [-0.1, -0.05) is 26.5 Å². The normalized spacial score (nSPS) is 14.6. The van der Waals surface area contributed by atoms with Gasteiger partial charge in [-0.05, 0) is 12.3 Å². The van der Waals surface area contributed by atoms with Gasteiger partial charge in [0.25, 0.3) is 11.3 Å². The molecule has 1 N–H and O–H groups in total. The van der Waals surface area contributed by atoms with E-state index < -0.39 is 98.0 Å². The molecule has 27 heteroatoms. The summed E-state index contributed by atoms with van der Waals surface area (Å²) in [5.41, 5.74) is -11.9. The van der Waals surface area contributed by atoms with E-state index in [0.717, 1.165) is 13.8 Å². The Bertz CT molecular complexity index is 997. The van der Waals surface area contributed by atoms with Crippen LogP contribution in [-0.4, -0.2) is 98.1 Å². The van der Waals surface area contributed by atoms with Gasteiger partial charge in [0.2, 0.25) is 0 Å². The van der Waals surface area contributed by atoms with Crippen LogP contribution in [0.15, 0.2) is 12.7 Å². The van der Waals surface area contributed by atoms with Crippen LogP contribution in [0, 0.1) is 22.1 Å². The van der Waals surface area contributed by atoms with Crippen molar-refractivity contribution in [1.82, 2.24) is 0 Å². The third-order valence-electron chi connectivity index (χ3n) is 5.60. The monoisotopic (exact) mass is 813 g/mol. The van der Waals surface area contributed by atoms with Crippen molar-refractivity contribution in [1.29, 1.82) is 4.35 Å². The van der Waals surface area contributed by atoms with E-state index in [1.54, 1.807) is 16.1 Å². The van der Waals surface area contributed by atoms with Gasteiger partial charge in [-0.3, -0.25) is 9.59 Å². The molecule has 0 saturated carbocycles. The number of hydrogen-bond acceptors (Lipinski definition) is 5. The van der Waals surface area contributed by atoms with E-state index in [4.69, 9.17) is 4.35 Å². The zero-order valence-corrected chi connectivity index (χ0v) is 27.6. The van der Waals surface area contributed by atoms with E-state index in [1.807, 2.05) is 0 Å². The number of rotatable bonds is 10. The average Bonchev–Trinajstić information content (AvgIpc) is 2.88. The molecule has 0 saturated heterocycles. The number of halogens is 20. The molecule has 0 fully saturated rings. The quantitative estimate of drug-likeness (QED) is 0.103. The molecule has 3 atom stereocenters. The van der Waals surface area contributed by atoms with Crippen molar-refractivity contribution in [3.8, 4) is 0 Å². The Balaban J connectivity index is -0.000000227. The van der Waals surface area contributed by atoms with Crippen LogP contribution in [0.25, 0.3) is 0 Å². The fourth-order valence-corrected chi connectivity index (χ4v) is 2.98. The first-order valence-corrected chi connectivity index (χ1v) is 13.3. The van der Waals surface area contributed by atoms with Gasteiger partial charge in [0.15, 0.2) is 0 Å². The second kappa shape index (κ2) is 22.0. The molecule has 0 heterocycles. The molecule has 0 spiro atoms. The Morgan fingerprint density at radius 3 is 1.16 bits per heavy atom. The Morgan fingerprint density at radius 2 is 0.941 bits per heavy atom. The Hall–Kier alpha value is -2.32. The summed E-state index contributed by atoms with van der Waals surface area (Å²) in [7, 11) is 0. The second-order valence-electron chi connectivity index (χ2n) is 9.92. The van der Waals surface area contributed by atoms with E-state index >= 15 is 0 Å². The van der Waals surface area contributed by atoms with Crippen molar-refractivity contribution in [2.24, 2.45) is 17.8 Å². The Kier molecular flexibility index (Phi) is 25.0. The molecular weight excluding hydrogens is 784 g/mol. The number of carbonyl (C=O) groups is 2. The van der Waals surface area contributed by atoms with Crippen LogP contribution in [0.2, 0.25) is 0 Å². The molecule has 0 aliphatic carbocycles. The van der Waals surface area contributed by atoms with E-state index in [0.29, 0.717) is 6.61 Å². The standard InChI is InChI=1S/C12H14F10O2.C7H6F10.C5H8O2.Al.B.HN/c1-6(5-24-7(2)23)3-8(10(14,15)16)4-9(13,11(17,18)19)12(20,21)22;1-3(5(9,10)11)2-4(8,6(12,13)14)7(15,16)17;1-3-4-7-5(2)6;;;/h6,8H,3-5H2,1-2H3;3H,2H2,1H3;3H,1,4H2,2H3;;;1H. The van der Waals surface area contributed by atoms with Gasteiger partial charge < -0.3 is 9.47 Å². The predicted molar refractivity (Wildman–Crippen MR) is 137 cm³/mol. The van der Waals surface area contributed by atoms with Crippen molar-refractivity contribution < 1.29 is 107 Å². The minimum atomic E-state index is -6.56. The third kappa shape index (κ3) is 21.1. The molecule has 0 aliphatic rings. The number of esters is 2. The molecule has 3 unspecified atom stereocenters. The zero-order chi connectivity index (χ0) is 41.5.